The quantitative estimate of drug-likeness (QED) is 0.384. The molecule has 0 atom stereocenters. The van der Waals surface area contributed by atoms with Crippen LogP contribution >= 0.6 is 34.5 Å². The fourth-order valence-corrected chi connectivity index (χ4v) is 4.38. The number of esters is 1. The summed E-state index contributed by atoms with van der Waals surface area (Å²) in [7, 11) is 0. The number of carbonyl (C=O) groups excluding carboxylic acids is 2. The lowest BCUT2D eigenvalue weighted by atomic mass is 9.98. The summed E-state index contributed by atoms with van der Waals surface area (Å²) in [6.07, 6.45) is 0. The Kier molecular flexibility index (Phi) is 5.37. The van der Waals surface area contributed by atoms with Gasteiger partial charge in [0.2, 0.25) is 5.78 Å². The normalized spacial score (nSPS) is 11.0. The first-order valence-electron chi connectivity index (χ1n) is 7.93. The molecular formula is C20H16Cl2O3S. The predicted molar refractivity (Wildman–Crippen MR) is 107 cm³/mol. The molecule has 0 unspecified atom stereocenters. The van der Waals surface area contributed by atoms with Crippen LogP contribution in [0, 0.1) is 20.8 Å². The van der Waals surface area contributed by atoms with E-state index >= 15 is 0 Å². The highest BCUT2D eigenvalue weighted by molar-refractivity contribution is 7.21. The molecule has 0 radical (unpaired) electrons. The molecule has 26 heavy (non-hydrogen) atoms. The molecule has 2 aromatic carbocycles. The molecule has 1 heterocycles. The molecule has 3 nitrogen and oxygen atoms in total. The van der Waals surface area contributed by atoms with Crippen LogP contribution in [0.1, 0.15) is 36.7 Å². The largest absolute Gasteiger partial charge is 0.453 e. The van der Waals surface area contributed by atoms with Gasteiger partial charge in [-0.1, -0.05) is 35.3 Å². The van der Waals surface area contributed by atoms with E-state index in [1.54, 1.807) is 18.2 Å². The molecule has 0 N–H and O–H groups in total. The molecule has 0 aliphatic heterocycles. The van der Waals surface area contributed by atoms with Crippen LogP contribution in [0.5, 0.6) is 0 Å². The average molecular weight is 407 g/mol. The van der Waals surface area contributed by atoms with Crippen molar-refractivity contribution in [1.82, 2.24) is 0 Å². The number of rotatable bonds is 4. The van der Waals surface area contributed by atoms with Crippen molar-refractivity contribution in [2.75, 3.05) is 6.61 Å². The van der Waals surface area contributed by atoms with Crippen molar-refractivity contribution in [3.63, 3.8) is 0 Å². The molecule has 0 aliphatic rings. The molecule has 0 amide bonds. The van der Waals surface area contributed by atoms with E-state index in [2.05, 4.69) is 0 Å². The molecule has 134 valence electrons. The number of hydrogen-bond donors (Lipinski definition) is 0. The van der Waals surface area contributed by atoms with Crippen molar-refractivity contribution in [2.24, 2.45) is 0 Å². The third-order valence-electron chi connectivity index (χ3n) is 4.25. The van der Waals surface area contributed by atoms with Gasteiger partial charge in [0.05, 0.1) is 5.02 Å². The topological polar surface area (TPSA) is 43.4 Å². The minimum atomic E-state index is -0.609. The van der Waals surface area contributed by atoms with E-state index in [1.165, 1.54) is 11.3 Å². The smallest absolute Gasteiger partial charge is 0.350 e. The lowest BCUT2D eigenvalue weighted by molar-refractivity contribution is 0.0479. The Labute approximate surface area is 165 Å². The second-order valence-electron chi connectivity index (χ2n) is 6.14. The van der Waals surface area contributed by atoms with Crippen LogP contribution in [-0.4, -0.2) is 18.4 Å². The van der Waals surface area contributed by atoms with Gasteiger partial charge < -0.3 is 4.74 Å². The molecular weight excluding hydrogens is 391 g/mol. The lowest BCUT2D eigenvalue weighted by Gasteiger charge is -2.09. The Bertz CT molecular complexity index is 1040. The highest BCUT2D eigenvalue weighted by Gasteiger charge is 2.20. The van der Waals surface area contributed by atoms with Gasteiger partial charge in [0, 0.05) is 20.7 Å². The number of ether oxygens (including phenoxy) is 1. The van der Waals surface area contributed by atoms with Gasteiger partial charge in [0.1, 0.15) is 4.88 Å². The maximum atomic E-state index is 12.4. The van der Waals surface area contributed by atoms with E-state index in [1.807, 2.05) is 32.9 Å². The molecule has 3 aromatic rings. The van der Waals surface area contributed by atoms with Crippen LogP contribution in [-0.2, 0) is 4.74 Å². The fourth-order valence-electron chi connectivity index (χ4n) is 2.71. The molecule has 0 spiro atoms. The van der Waals surface area contributed by atoms with Crippen LogP contribution in [0.3, 0.4) is 0 Å². The van der Waals surface area contributed by atoms with Crippen LogP contribution in [0.15, 0.2) is 30.3 Å². The summed E-state index contributed by atoms with van der Waals surface area (Å²) in [5.74, 6) is -0.846. The van der Waals surface area contributed by atoms with Crippen LogP contribution in [0.25, 0.3) is 10.1 Å². The van der Waals surface area contributed by atoms with E-state index in [9.17, 15) is 9.59 Å². The summed E-state index contributed by atoms with van der Waals surface area (Å²) < 4.78 is 6.01. The summed E-state index contributed by atoms with van der Waals surface area (Å²) in [5.41, 5.74) is 3.57. The number of fused-ring (bicyclic) bond motifs is 1. The van der Waals surface area contributed by atoms with E-state index < -0.39 is 5.97 Å². The number of benzene rings is 2. The lowest BCUT2D eigenvalue weighted by Crippen LogP contribution is -2.15. The number of aryl methyl sites for hydroxylation is 3. The molecule has 0 bridgehead atoms. The van der Waals surface area contributed by atoms with Gasteiger partial charge in [-0.15, -0.1) is 11.3 Å². The Morgan fingerprint density at radius 1 is 1.00 bits per heavy atom. The first-order chi connectivity index (χ1) is 12.3. The number of carbonyl (C=O) groups is 2. The fraction of sp³-hybridized carbons (Fsp3) is 0.200. The standard InChI is InChI=1S/C20H16Cl2O3S/c1-10-6-12(3)15(7-11(10)2)16(23)9-25-20(24)19-18(22)14-5-4-13(21)8-17(14)26-19/h4-8H,9H2,1-3H3. The van der Waals surface area contributed by atoms with Gasteiger partial charge in [0.25, 0.3) is 0 Å². The monoisotopic (exact) mass is 406 g/mol. The minimum Gasteiger partial charge on any atom is -0.453 e. The SMILES string of the molecule is Cc1cc(C)c(C(=O)COC(=O)c2sc3cc(Cl)ccc3c2Cl)cc1C. The Balaban J connectivity index is 1.78. The second kappa shape index (κ2) is 7.39. The van der Waals surface area contributed by atoms with Crippen LogP contribution < -0.4 is 0 Å². The molecule has 0 saturated carbocycles. The first kappa shape index (κ1) is 18.9. The predicted octanol–water partition coefficient (Wildman–Crippen LogP) is 6.17. The van der Waals surface area contributed by atoms with E-state index in [0.717, 1.165) is 26.8 Å². The molecule has 0 fully saturated rings. The maximum absolute atomic E-state index is 12.4. The summed E-state index contributed by atoms with van der Waals surface area (Å²) in [6, 6.07) is 9.00. The maximum Gasteiger partial charge on any atom is 0.350 e. The highest BCUT2D eigenvalue weighted by Crippen LogP contribution is 2.37. The zero-order valence-electron chi connectivity index (χ0n) is 14.5. The molecule has 6 heteroatoms. The van der Waals surface area contributed by atoms with Crippen LogP contribution in [0.2, 0.25) is 10.0 Å². The number of Topliss-reactive ketones (excluding diaryl/α,β-unsaturated/α-hetero) is 1. The van der Waals surface area contributed by atoms with Crippen LogP contribution in [0.4, 0.5) is 0 Å². The zero-order chi connectivity index (χ0) is 19.0. The van der Waals surface area contributed by atoms with E-state index in [4.69, 9.17) is 27.9 Å². The van der Waals surface area contributed by atoms with Gasteiger partial charge in [-0.25, -0.2) is 4.79 Å². The Morgan fingerprint density at radius 3 is 2.42 bits per heavy atom. The van der Waals surface area contributed by atoms with Crippen molar-refractivity contribution >= 4 is 56.4 Å². The molecule has 1 aromatic heterocycles. The molecule has 0 aliphatic carbocycles. The zero-order valence-corrected chi connectivity index (χ0v) is 16.8. The third kappa shape index (κ3) is 3.63. The summed E-state index contributed by atoms with van der Waals surface area (Å²) in [5, 5.41) is 1.63. The van der Waals surface area contributed by atoms with Crippen molar-refractivity contribution in [2.45, 2.75) is 20.8 Å². The van der Waals surface area contributed by atoms with Gasteiger partial charge in [-0.3, -0.25) is 4.79 Å². The van der Waals surface area contributed by atoms with Gasteiger partial charge >= 0.3 is 5.97 Å². The number of thiophene rings is 1. The Morgan fingerprint density at radius 2 is 1.69 bits per heavy atom. The summed E-state index contributed by atoms with van der Waals surface area (Å²) >= 11 is 13.5. The van der Waals surface area contributed by atoms with Gasteiger partial charge in [-0.05, 0) is 55.7 Å². The molecule has 3 rings (SSSR count). The number of ketones is 1. The average Bonchev–Trinajstić information content (AvgIpc) is 2.91. The van der Waals surface area contributed by atoms with Crippen molar-refractivity contribution in [1.29, 1.82) is 0 Å². The Hall–Kier alpha value is -1.88. The molecule has 0 saturated heterocycles. The minimum absolute atomic E-state index is 0.237. The second-order valence-corrected chi connectivity index (χ2v) is 8.00. The van der Waals surface area contributed by atoms with E-state index in [0.29, 0.717) is 15.6 Å². The highest BCUT2D eigenvalue weighted by atomic mass is 35.5. The van der Waals surface area contributed by atoms with Crippen molar-refractivity contribution < 1.29 is 14.3 Å². The van der Waals surface area contributed by atoms with E-state index in [-0.39, 0.29) is 17.3 Å². The van der Waals surface area contributed by atoms with Crippen molar-refractivity contribution in [3.8, 4) is 0 Å². The number of halogens is 2. The van der Waals surface area contributed by atoms with Gasteiger partial charge in [-0.2, -0.15) is 0 Å². The van der Waals surface area contributed by atoms with Gasteiger partial charge in [0.15, 0.2) is 6.61 Å². The van der Waals surface area contributed by atoms with Crippen molar-refractivity contribution in [3.05, 3.63) is 67.5 Å². The third-order valence-corrected chi connectivity index (χ3v) is 6.12. The number of hydrogen-bond acceptors (Lipinski definition) is 4. The summed E-state index contributed by atoms with van der Waals surface area (Å²) in [6.45, 7) is 5.48. The first-order valence-corrected chi connectivity index (χ1v) is 9.51. The summed E-state index contributed by atoms with van der Waals surface area (Å²) in [4.78, 5) is 25.1.